The van der Waals surface area contributed by atoms with Crippen LogP contribution >= 0.6 is 0 Å². The second-order valence-electron chi connectivity index (χ2n) is 6.57. The minimum Gasteiger partial charge on any atom is -0.444 e. The number of hydrogen-bond acceptors (Lipinski definition) is 3. The fourth-order valence-electron chi connectivity index (χ4n) is 3.02. The molecule has 112 valence electrons. The number of carbonyl (C=O) groups excluding carboxylic acids is 2. The van der Waals surface area contributed by atoms with Crippen molar-refractivity contribution in [2.45, 2.75) is 45.3 Å². The van der Waals surface area contributed by atoms with Crippen LogP contribution in [0.3, 0.4) is 0 Å². The highest BCUT2D eigenvalue weighted by Crippen LogP contribution is 2.32. The number of ether oxygens (including phenoxy) is 1. The molecule has 0 aromatic heterocycles. The third-order valence-electron chi connectivity index (χ3n) is 3.98. The molecule has 2 rings (SSSR count). The predicted octanol–water partition coefficient (Wildman–Crippen LogP) is 2.03. The van der Waals surface area contributed by atoms with Gasteiger partial charge >= 0.3 is 6.09 Å². The molecule has 0 bridgehead atoms. The minimum absolute atomic E-state index is 0.0560. The lowest BCUT2D eigenvalue weighted by molar-refractivity contribution is -0.128. The van der Waals surface area contributed by atoms with Gasteiger partial charge in [0.15, 0.2) is 0 Å². The molecule has 2 aliphatic heterocycles. The van der Waals surface area contributed by atoms with Crippen molar-refractivity contribution in [2.75, 3.05) is 19.6 Å². The van der Waals surface area contributed by atoms with Crippen LogP contribution in [0.5, 0.6) is 0 Å². The van der Waals surface area contributed by atoms with Crippen molar-refractivity contribution in [3.05, 3.63) is 12.7 Å². The lowest BCUT2D eigenvalue weighted by Crippen LogP contribution is -2.52. The fraction of sp³-hybridized carbons (Fsp3) is 0.733. The molecule has 0 saturated carbocycles. The van der Waals surface area contributed by atoms with E-state index in [2.05, 4.69) is 6.58 Å². The maximum atomic E-state index is 12.2. The van der Waals surface area contributed by atoms with Gasteiger partial charge in [0.1, 0.15) is 5.60 Å². The molecule has 0 N–H and O–H groups in total. The van der Waals surface area contributed by atoms with E-state index in [4.69, 9.17) is 4.74 Å². The Balaban J connectivity index is 2.04. The van der Waals surface area contributed by atoms with Crippen LogP contribution in [-0.4, -0.2) is 53.1 Å². The number of hydrogen-bond donors (Lipinski definition) is 0. The smallest absolute Gasteiger partial charge is 0.410 e. The van der Waals surface area contributed by atoms with Gasteiger partial charge in [0.05, 0.1) is 6.04 Å². The molecule has 2 atom stereocenters. The molecule has 20 heavy (non-hydrogen) atoms. The molecule has 5 nitrogen and oxygen atoms in total. The Hall–Kier alpha value is -1.52. The molecule has 0 spiro atoms. The molecule has 2 amide bonds. The van der Waals surface area contributed by atoms with Crippen LogP contribution in [0.15, 0.2) is 12.7 Å². The molecular formula is C15H24N2O3. The molecule has 0 radical (unpaired) electrons. The van der Waals surface area contributed by atoms with Crippen LogP contribution in [0.25, 0.3) is 0 Å². The monoisotopic (exact) mass is 280 g/mol. The molecule has 0 aromatic rings. The van der Waals surface area contributed by atoms with Gasteiger partial charge in [-0.25, -0.2) is 4.79 Å². The Morgan fingerprint density at radius 1 is 1.25 bits per heavy atom. The van der Waals surface area contributed by atoms with Crippen LogP contribution in [-0.2, 0) is 9.53 Å². The van der Waals surface area contributed by atoms with Crippen molar-refractivity contribution in [1.82, 2.24) is 9.80 Å². The highest BCUT2D eigenvalue weighted by Gasteiger charge is 2.42. The van der Waals surface area contributed by atoms with Gasteiger partial charge in [-0.3, -0.25) is 4.79 Å². The summed E-state index contributed by atoms with van der Waals surface area (Å²) in [5, 5.41) is 0. The van der Waals surface area contributed by atoms with E-state index in [0.717, 1.165) is 25.9 Å². The average molecular weight is 280 g/mol. The Morgan fingerprint density at radius 2 is 1.90 bits per heavy atom. The number of carbonyl (C=O) groups is 2. The SMILES string of the molecule is C=CC(=O)N1CCC2CCN(C(=O)OC(C)(C)C)C2C1. The van der Waals surface area contributed by atoms with Gasteiger partial charge in [-0.05, 0) is 45.6 Å². The average Bonchev–Trinajstić information content (AvgIpc) is 2.78. The van der Waals surface area contributed by atoms with E-state index < -0.39 is 5.60 Å². The summed E-state index contributed by atoms with van der Waals surface area (Å²) in [5.41, 5.74) is -0.486. The first-order valence-corrected chi connectivity index (χ1v) is 7.23. The van der Waals surface area contributed by atoms with Gasteiger partial charge in [0.25, 0.3) is 0 Å². The van der Waals surface area contributed by atoms with Crippen molar-refractivity contribution in [3.8, 4) is 0 Å². The van der Waals surface area contributed by atoms with Gasteiger partial charge in [-0.2, -0.15) is 0 Å². The number of piperidine rings is 1. The summed E-state index contributed by atoms with van der Waals surface area (Å²) in [6.45, 7) is 11.2. The molecule has 2 aliphatic rings. The van der Waals surface area contributed by atoms with Crippen LogP contribution in [0.2, 0.25) is 0 Å². The number of fused-ring (bicyclic) bond motifs is 1. The normalized spacial score (nSPS) is 26.1. The Morgan fingerprint density at radius 3 is 2.50 bits per heavy atom. The van der Waals surface area contributed by atoms with E-state index >= 15 is 0 Å². The Kier molecular flexibility index (Phi) is 4.06. The molecule has 2 saturated heterocycles. The number of nitrogens with zero attached hydrogens (tertiary/aromatic N) is 2. The zero-order valence-electron chi connectivity index (χ0n) is 12.6. The van der Waals surface area contributed by atoms with Gasteiger partial charge in [-0.15, -0.1) is 0 Å². The zero-order chi connectivity index (χ0) is 14.9. The van der Waals surface area contributed by atoms with E-state index in [9.17, 15) is 9.59 Å². The first-order valence-electron chi connectivity index (χ1n) is 7.23. The fourth-order valence-corrected chi connectivity index (χ4v) is 3.02. The van der Waals surface area contributed by atoms with Gasteiger partial charge in [0.2, 0.25) is 5.91 Å². The second kappa shape index (κ2) is 5.46. The predicted molar refractivity (Wildman–Crippen MR) is 76.2 cm³/mol. The Labute approximate surface area is 120 Å². The minimum atomic E-state index is -0.486. The zero-order valence-corrected chi connectivity index (χ0v) is 12.6. The topological polar surface area (TPSA) is 49.9 Å². The lowest BCUT2D eigenvalue weighted by Gasteiger charge is -2.38. The lowest BCUT2D eigenvalue weighted by atomic mass is 9.92. The summed E-state index contributed by atoms with van der Waals surface area (Å²) in [5.74, 6) is 0.427. The summed E-state index contributed by atoms with van der Waals surface area (Å²) >= 11 is 0. The van der Waals surface area contributed by atoms with Crippen LogP contribution in [0.1, 0.15) is 33.6 Å². The summed E-state index contributed by atoms with van der Waals surface area (Å²) in [7, 11) is 0. The standard InChI is InChI=1S/C15H24N2O3/c1-5-13(18)16-8-6-11-7-9-17(12(11)10-16)14(19)20-15(2,3)4/h5,11-12H,1,6-10H2,2-4H3. The van der Waals surface area contributed by atoms with Crippen molar-refractivity contribution in [1.29, 1.82) is 0 Å². The third kappa shape index (κ3) is 3.14. The van der Waals surface area contributed by atoms with Gasteiger partial charge in [0, 0.05) is 19.6 Å². The quantitative estimate of drug-likeness (QED) is 0.691. The van der Waals surface area contributed by atoms with E-state index in [1.165, 1.54) is 6.08 Å². The highest BCUT2D eigenvalue weighted by molar-refractivity contribution is 5.87. The molecular weight excluding hydrogens is 256 g/mol. The largest absolute Gasteiger partial charge is 0.444 e. The third-order valence-corrected chi connectivity index (χ3v) is 3.98. The van der Waals surface area contributed by atoms with E-state index in [1.807, 2.05) is 20.8 Å². The maximum Gasteiger partial charge on any atom is 0.410 e. The highest BCUT2D eigenvalue weighted by atomic mass is 16.6. The van der Waals surface area contributed by atoms with Gasteiger partial charge in [-0.1, -0.05) is 6.58 Å². The first kappa shape index (κ1) is 14.9. The molecule has 0 aliphatic carbocycles. The van der Waals surface area contributed by atoms with Crippen molar-refractivity contribution >= 4 is 12.0 Å². The van der Waals surface area contributed by atoms with Crippen LogP contribution in [0, 0.1) is 5.92 Å². The summed E-state index contributed by atoms with van der Waals surface area (Å²) in [6.07, 6.45) is 3.02. The summed E-state index contributed by atoms with van der Waals surface area (Å²) in [6, 6.07) is 0.0856. The van der Waals surface area contributed by atoms with Crippen LogP contribution < -0.4 is 0 Å². The van der Waals surface area contributed by atoms with Crippen molar-refractivity contribution < 1.29 is 14.3 Å². The molecule has 0 aromatic carbocycles. The Bertz CT molecular complexity index is 414. The number of amides is 2. The first-order chi connectivity index (χ1) is 9.31. The summed E-state index contributed by atoms with van der Waals surface area (Å²) in [4.78, 5) is 27.5. The maximum absolute atomic E-state index is 12.2. The van der Waals surface area contributed by atoms with Crippen molar-refractivity contribution in [3.63, 3.8) is 0 Å². The number of likely N-dealkylation sites (tertiary alicyclic amines) is 2. The van der Waals surface area contributed by atoms with Gasteiger partial charge < -0.3 is 14.5 Å². The van der Waals surface area contributed by atoms with Crippen LogP contribution in [0.4, 0.5) is 4.79 Å². The summed E-state index contributed by atoms with van der Waals surface area (Å²) < 4.78 is 5.46. The van der Waals surface area contributed by atoms with E-state index in [-0.39, 0.29) is 18.0 Å². The molecule has 5 heteroatoms. The van der Waals surface area contributed by atoms with Crippen molar-refractivity contribution in [2.24, 2.45) is 5.92 Å². The van der Waals surface area contributed by atoms with E-state index in [1.54, 1.807) is 9.80 Å². The number of rotatable bonds is 1. The molecule has 2 unspecified atom stereocenters. The van der Waals surface area contributed by atoms with E-state index in [0.29, 0.717) is 12.5 Å². The molecule has 2 heterocycles. The second-order valence-corrected chi connectivity index (χ2v) is 6.57. The molecule has 2 fully saturated rings.